The van der Waals surface area contributed by atoms with Gasteiger partial charge in [0.05, 0.1) is 0 Å². The highest BCUT2D eigenvalue weighted by Crippen LogP contribution is 2.29. The van der Waals surface area contributed by atoms with Crippen LogP contribution < -0.4 is 5.32 Å². The van der Waals surface area contributed by atoms with E-state index in [0.717, 1.165) is 44.9 Å². The van der Waals surface area contributed by atoms with Crippen molar-refractivity contribution in [2.24, 2.45) is 11.8 Å². The zero-order chi connectivity index (χ0) is 10.7. The molecule has 0 aromatic carbocycles. The minimum absolute atomic E-state index is 0.333. The van der Waals surface area contributed by atoms with Crippen LogP contribution in [0.4, 0.5) is 0 Å². The summed E-state index contributed by atoms with van der Waals surface area (Å²) in [6.07, 6.45) is 4.71. The number of nitrogens with zero attached hydrogens (tertiary/aromatic N) is 1. The Bertz CT molecular complexity index is 216. The van der Waals surface area contributed by atoms with Gasteiger partial charge in [-0.15, -0.1) is 0 Å². The first kappa shape index (κ1) is 10.9. The van der Waals surface area contributed by atoms with Crippen LogP contribution >= 0.6 is 0 Å². The van der Waals surface area contributed by atoms with Crippen LogP contribution in [0.5, 0.6) is 0 Å². The average Bonchev–Trinajstić information content (AvgIpc) is 2.30. The van der Waals surface area contributed by atoms with E-state index in [1.807, 2.05) is 0 Å². The number of carbonyl (C=O) groups excluding carboxylic acids is 1. The topological polar surface area (TPSA) is 32.3 Å². The van der Waals surface area contributed by atoms with E-state index < -0.39 is 0 Å². The normalized spacial score (nSPS) is 32.7. The summed E-state index contributed by atoms with van der Waals surface area (Å²) in [7, 11) is 0. The molecule has 2 rings (SSSR count). The largest absolute Gasteiger partial charge is 0.340 e. The maximum atomic E-state index is 12.2. The first-order chi connectivity index (χ1) is 7.27. The van der Waals surface area contributed by atoms with Crippen LogP contribution in [0.3, 0.4) is 0 Å². The summed E-state index contributed by atoms with van der Waals surface area (Å²) >= 11 is 0. The minimum atomic E-state index is 0.333. The van der Waals surface area contributed by atoms with E-state index in [4.69, 9.17) is 0 Å². The highest BCUT2D eigenvalue weighted by Gasteiger charge is 2.28. The lowest BCUT2D eigenvalue weighted by atomic mass is 9.82. The first-order valence-corrected chi connectivity index (χ1v) is 6.27. The van der Waals surface area contributed by atoms with Crippen molar-refractivity contribution in [2.45, 2.75) is 32.6 Å². The molecule has 0 aromatic rings. The maximum Gasteiger partial charge on any atom is 0.225 e. The Balaban J connectivity index is 1.84. The fourth-order valence-corrected chi connectivity index (χ4v) is 2.65. The van der Waals surface area contributed by atoms with E-state index in [1.165, 1.54) is 12.8 Å². The molecule has 15 heavy (non-hydrogen) atoms. The number of rotatable bonds is 1. The lowest BCUT2D eigenvalue weighted by Gasteiger charge is -2.33. The Morgan fingerprint density at radius 2 is 1.73 bits per heavy atom. The van der Waals surface area contributed by atoms with E-state index in [2.05, 4.69) is 17.1 Å². The average molecular weight is 210 g/mol. The zero-order valence-corrected chi connectivity index (χ0v) is 9.67. The van der Waals surface area contributed by atoms with Crippen molar-refractivity contribution in [3.63, 3.8) is 0 Å². The molecule has 1 heterocycles. The number of hydrogen-bond donors (Lipinski definition) is 1. The van der Waals surface area contributed by atoms with Crippen LogP contribution in [-0.4, -0.2) is 37.0 Å². The predicted octanol–water partition coefficient (Wildman–Crippen LogP) is 1.24. The van der Waals surface area contributed by atoms with E-state index in [-0.39, 0.29) is 0 Å². The second kappa shape index (κ2) is 4.97. The Hall–Kier alpha value is -0.570. The predicted molar refractivity (Wildman–Crippen MR) is 60.6 cm³/mol. The molecule has 2 aliphatic rings. The molecule has 2 fully saturated rings. The van der Waals surface area contributed by atoms with E-state index in [1.54, 1.807) is 0 Å². The van der Waals surface area contributed by atoms with Crippen molar-refractivity contribution in [3.05, 3.63) is 0 Å². The van der Waals surface area contributed by atoms with Gasteiger partial charge in [-0.05, 0) is 31.6 Å². The van der Waals surface area contributed by atoms with E-state index in [0.29, 0.717) is 11.8 Å². The van der Waals surface area contributed by atoms with E-state index in [9.17, 15) is 4.79 Å². The molecule has 1 saturated heterocycles. The quantitative estimate of drug-likeness (QED) is 0.706. The Morgan fingerprint density at radius 1 is 1.13 bits per heavy atom. The van der Waals surface area contributed by atoms with Crippen molar-refractivity contribution < 1.29 is 4.79 Å². The highest BCUT2D eigenvalue weighted by atomic mass is 16.2. The molecular weight excluding hydrogens is 188 g/mol. The van der Waals surface area contributed by atoms with Crippen molar-refractivity contribution in [3.8, 4) is 0 Å². The standard InChI is InChI=1S/C12H22N2O/c1-10-2-4-11(5-3-10)12(15)14-8-6-13-7-9-14/h10-11,13H,2-9H2,1H3. The van der Waals surface area contributed by atoms with Crippen molar-refractivity contribution in [1.29, 1.82) is 0 Å². The van der Waals surface area contributed by atoms with Gasteiger partial charge in [-0.1, -0.05) is 6.92 Å². The van der Waals surface area contributed by atoms with Gasteiger partial charge in [0.25, 0.3) is 0 Å². The summed E-state index contributed by atoms with van der Waals surface area (Å²) < 4.78 is 0. The second-order valence-corrected chi connectivity index (χ2v) is 5.03. The van der Waals surface area contributed by atoms with Gasteiger partial charge in [0.15, 0.2) is 0 Å². The summed E-state index contributed by atoms with van der Waals surface area (Å²) in [5.74, 6) is 1.58. The highest BCUT2D eigenvalue weighted by molar-refractivity contribution is 5.79. The van der Waals surface area contributed by atoms with Crippen LogP contribution in [-0.2, 0) is 4.79 Å². The third-order valence-electron chi connectivity index (χ3n) is 3.79. The number of hydrogen-bond acceptors (Lipinski definition) is 2. The van der Waals surface area contributed by atoms with Gasteiger partial charge < -0.3 is 10.2 Å². The molecule has 86 valence electrons. The molecule has 1 aliphatic heterocycles. The van der Waals surface area contributed by atoms with Crippen LogP contribution in [0, 0.1) is 11.8 Å². The number of amides is 1. The smallest absolute Gasteiger partial charge is 0.225 e. The van der Waals surface area contributed by atoms with Crippen molar-refractivity contribution in [1.82, 2.24) is 10.2 Å². The second-order valence-electron chi connectivity index (χ2n) is 5.03. The minimum Gasteiger partial charge on any atom is -0.340 e. The van der Waals surface area contributed by atoms with Crippen molar-refractivity contribution in [2.75, 3.05) is 26.2 Å². The number of nitrogens with one attached hydrogen (secondary N) is 1. The molecule has 1 saturated carbocycles. The monoisotopic (exact) mass is 210 g/mol. The summed E-state index contributed by atoms with van der Waals surface area (Å²) in [5.41, 5.74) is 0. The van der Waals surface area contributed by atoms with E-state index >= 15 is 0 Å². The zero-order valence-electron chi connectivity index (χ0n) is 9.67. The molecule has 0 unspecified atom stereocenters. The van der Waals surface area contributed by atoms with Gasteiger partial charge >= 0.3 is 0 Å². The van der Waals surface area contributed by atoms with Crippen molar-refractivity contribution >= 4 is 5.91 Å². The first-order valence-electron chi connectivity index (χ1n) is 6.27. The Labute approximate surface area is 92.2 Å². The SMILES string of the molecule is CC1CCC(C(=O)N2CCNCC2)CC1. The maximum absolute atomic E-state index is 12.2. The number of piperazine rings is 1. The molecule has 3 heteroatoms. The fraction of sp³-hybridized carbons (Fsp3) is 0.917. The third-order valence-corrected chi connectivity index (χ3v) is 3.79. The molecule has 0 spiro atoms. The van der Waals surface area contributed by atoms with Gasteiger partial charge in [0, 0.05) is 32.1 Å². The van der Waals surface area contributed by atoms with Crippen LogP contribution in [0.25, 0.3) is 0 Å². The molecule has 0 radical (unpaired) electrons. The molecule has 1 N–H and O–H groups in total. The molecule has 0 aromatic heterocycles. The van der Waals surface area contributed by atoms with Gasteiger partial charge in [-0.2, -0.15) is 0 Å². The van der Waals surface area contributed by atoms with Crippen LogP contribution in [0.15, 0.2) is 0 Å². The molecular formula is C12H22N2O. The molecule has 0 atom stereocenters. The molecule has 0 bridgehead atoms. The van der Waals surface area contributed by atoms with Gasteiger partial charge in [-0.25, -0.2) is 0 Å². The lowest BCUT2D eigenvalue weighted by Crippen LogP contribution is -2.48. The van der Waals surface area contributed by atoms with Gasteiger partial charge in [-0.3, -0.25) is 4.79 Å². The summed E-state index contributed by atoms with van der Waals surface area (Å²) in [6.45, 7) is 6.05. The summed E-state index contributed by atoms with van der Waals surface area (Å²) in [6, 6.07) is 0. The summed E-state index contributed by atoms with van der Waals surface area (Å²) in [4.78, 5) is 14.2. The van der Waals surface area contributed by atoms with Gasteiger partial charge in [0.1, 0.15) is 0 Å². The molecule has 1 amide bonds. The van der Waals surface area contributed by atoms with Gasteiger partial charge in [0.2, 0.25) is 5.91 Å². The Kier molecular flexibility index (Phi) is 3.62. The lowest BCUT2D eigenvalue weighted by molar-refractivity contribution is -0.137. The summed E-state index contributed by atoms with van der Waals surface area (Å²) in [5, 5.41) is 3.29. The fourth-order valence-electron chi connectivity index (χ4n) is 2.65. The molecule has 3 nitrogen and oxygen atoms in total. The van der Waals surface area contributed by atoms with Crippen LogP contribution in [0.2, 0.25) is 0 Å². The third kappa shape index (κ3) is 2.71. The molecule has 1 aliphatic carbocycles. The Morgan fingerprint density at radius 3 is 2.33 bits per heavy atom. The number of carbonyl (C=O) groups is 1. The van der Waals surface area contributed by atoms with Crippen LogP contribution in [0.1, 0.15) is 32.6 Å².